The van der Waals surface area contributed by atoms with E-state index in [4.69, 9.17) is 18.9 Å². The molecular weight excluding hydrogens is 434 g/mol. The third-order valence-corrected chi connectivity index (χ3v) is 8.05. The summed E-state index contributed by atoms with van der Waals surface area (Å²) >= 11 is 0. The highest BCUT2D eigenvalue weighted by Crippen LogP contribution is 2.42. The molecule has 2 aromatic rings. The minimum Gasteiger partial charge on any atom is -0.494 e. The molecule has 9 heteroatoms. The molecule has 3 heterocycles. The van der Waals surface area contributed by atoms with Crippen molar-refractivity contribution in [2.45, 2.75) is 36.7 Å². The van der Waals surface area contributed by atoms with Crippen molar-refractivity contribution < 1.29 is 32.2 Å². The summed E-state index contributed by atoms with van der Waals surface area (Å²) in [4.78, 5) is 13.0. The van der Waals surface area contributed by atoms with Crippen molar-refractivity contribution in [1.29, 1.82) is 0 Å². The number of benzene rings is 2. The zero-order chi connectivity index (χ0) is 22.3. The van der Waals surface area contributed by atoms with Gasteiger partial charge in [0.2, 0.25) is 10.0 Å². The number of nitrogens with zero attached hydrogens (tertiary/aromatic N) is 1. The number of piperidine rings is 1. The van der Waals surface area contributed by atoms with Gasteiger partial charge in [0.1, 0.15) is 30.3 Å². The maximum absolute atomic E-state index is 13.2. The van der Waals surface area contributed by atoms with Crippen LogP contribution >= 0.6 is 0 Å². The number of Topliss-reactive ketones (excluding diaryl/α,β-unsaturated/α-hetero) is 1. The lowest BCUT2D eigenvalue weighted by atomic mass is 9.83. The van der Waals surface area contributed by atoms with Gasteiger partial charge in [-0.3, -0.25) is 4.79 Å². The van der Waals surface area contributed by atoms with Gasteiger partial charge in [0.05, 0.1) is 23.5 Å². The first-order valence-corrected chi connectivity index (χ1v) is 12.2. The number of sulfonamides is 1. The predicted molar refractivity (Wildman–Crippen MR) is 115 cm³/mol. The van der Waals surface area contributed by atoms with Crippen LogP contribution in [0.1, 0.15) is 36.5 Å². The predicted octanol–water partition coefficient (Wildman–Crippen LogP) is 3.05. The molecule has 0 aromatic heterocycles. The normalized spacial score (nSPS) is 19.8. The minimum absolute atomic E-state index is 0.0115. The van der Waals surface area contributed by atoms with Gasteiger partial charge in [-0.1, -0.05) is 0 Å². The van der Waals surface area contributed by atoms with E-state index in [-0.39, 0.29) is 30.2 Å². The van der Waals surface area contributed by atoms with Gasteiger partial charge in [-0.2, -0.15) is 4.31 Å². The Hall–Kier alpha value is -2.78. The molecule has 0 radical (unpaired) electrons. The van der Waals surface area contributed by atoms with E-state index in [2.05, 4.69) is 0 Å². The number of hydrogen-bond acceptors (Lipinski definition) is 7. The molecule has 0 saturated carbocycles. The Balaban J connectivity index is 1.33. The molecule has 1 saturated heterocycles. The van der Waals surface area contributed by atoms with Gasteiger partial charge in [0, 0.05) is 38.1 Å². The highest BCUT2D eigenvalue weighted by Gasteiger charge is 2.45. The average molecular weight is 460 g/mol. The summed E-state index contributed by atoms with van der Waals surface area (Å²) in [7, 11) is -3.70. The van der Waals surface area contributed by atoms with Crippen molar-refractivity contribution in [3.05, 3.63) is 42.0 Å². The van der Waals surface area contributed by atoms with E-state index in [1.165, 1.54) is 10.4 Å². The monoisotopic (exact) mass is 459 g/mol. The molecule has 0 N–H and O–H groups in total. The first-order valence-electron chi connectivity index (χ1n) is 10.8. The lowest BCUT2D eigenvalue weighted by Crippen LogP contribution is -2.52. The minimum atomic E-state index is -3.70. The molecule has 0 atom stereocenters. The van der Waals surface area contributed by atoms with Crippen molar-refractivity contribution in [3.63, 3.8) is 0 Å². The van der Waals surface area contributed by atoms with Crippen molar-refractivity contribution in [1.82, 2.24) is 4.31 Å². The molecule has 3 aliphatic rings. The first-order chi connectivity index (χ1) is 15.4. The second-order valence-corrected chi connectivity index (χ2v) is 10.1. The van der Waals surface area contributed by atoms with Crippen LogP contribution in [0.2, 0.25) is 0 Å². The van der Waals surface area contributed by atoms with Crippen molar-refractivity contribution in [3.8, 4) is 23.0 Å². The molecule has 0 unspecified atom stereocenters. The maximum atomic E-state index is 13.2. The largest absolute Gasteiger partial charge is 0.494 e. The summed E-state index contributed by atoms with van der Waals surface area (Å²) in [5.74, 6) is 2.16. The Morgan fingerprint density at radius 1 is 1.00 bits per heavy atom. The van der Waals surface area contributed by atoms with Gasteiger partial charge in [-0.05, 0) is 31.2 Å². The number of fused-ring (bicyclic) bond motifs is 2. The fourth-order valence-electron chi connectivity index (χ4n) is 4.48. The van der Waals surface area contributed by atoms with E-state index < -0.39 is 15.6 Å². The zero-order valence-corrected chi connectivity index (χ0v) is 18.7. The molecule has 0 bridgehead atoms. The summed E-state index contributed by atoms with van der Waals surface area (Å²) in [6, 6.07) is 9.93. The van der Waals surface area contributed by atoms with Gasteiger partial charge in [0.25, 0.3) is 0 Å². The van der Waals surface area contributed by atoms with Crippen molar-refractivity contribution in [2.75, 3.05) is 32.9 Å². The fourth-order valence-corrected chi connectivity index (χ4v) is 5.93. The maximum Gasteiger partial charge on any atom is 0.243 e. The van der Waals surface area contributed by atoms with Crippen molar-refractivity contribution in [2.24, 2.45) is 0 Å². The average Bonchev–Trinajstić information content (AvgIpc) is 2.79. The quantitative estimate of drug-likeness (QED) is 0.694. The van der Waals surface area contributed by atoms with Crippen molar-refractivity contribution >= 4 is 15.8 Å². The number of carbonyl (C=O) groups is 1. The zero-order valence-electron chi connectivity index (χ0n) is 17.8. The van der Waals surface area contributed by atoms with Crippen LogP contribution in [0.4, 0.5) is 0 Å². The highest BCUT2D eigenvalue weighted by atomic mass is 32.2. The molecule has 0 amide bonds. The van der Waals surface area contributed by atoms with Gasteiger partial charge in [-0.25, -0.2) is 8.42 Å². The van der Waals surface area contributed by atoms with Gasteiger partial charge in [0.15, 0.2) is 17.3 Å². The molecular formula is C23H25NO7S. The van der Waals surface area contributed by atoms with Crippen LogP contribution in [0.15, 0.2) is 41.3 Å². The molecule has 3 aliphatic heterocycles. The van der Waals surface area contributed by atoms with E-state index in [0.717, 1.165) is 0 Å². The van der Waals surface area contributed by atoms with E-state index in [9.17, 15) is 13.2 Å². The second-order valence-electron chi connectivity index (χ2n) is 8.19. The first kappa shape index (κ1) is 21.1. The Labute approximate surface area is 187 Å². The van der Waals surface area contributed by atoms with Crippen LogP contribution in [0, 0.1) is 0 Å². The number of hydrogen-bond donors (Lipinski definition) is 0. The third-order valence-electron chi connectivity index (χ3n) is 6.16. The summed E-state index contributed by atoms with van der Waals surface area (Å²) in [5.41, 5.74) is -0.154. The molecule has 8 nitrogen and oxygen atoms in total. The fraction of sp³-hybridized carbons (Fsp3) is 0.435. The lowest BCUT2D eigenvalue weighted by Gasteiger charge is -2.43. The van der Waals surface area contributed by atoms with Crippen LogP contribution in [0.5, 0.6) is 23.0 Å². The van der Waals surface area contributed by atoms with Gasteiger partial charge in [-0.15, -0.1) is 0 Å². The molecule has 2 aromatic carbocycles. The standard InChI is InChI=1S/C23H25NO7S/c1-2-28-16-3-5-18-19(25)15-23(31-21(18)13-16)7-9-24(10-8-23)32(26,27)17-4-6-20-22(14-17)30-12-11-29-20/h3-6,13-14H,2,7-12,15H2,1H3. The SMILES string of the molecule is CCOc1ccc2c(c1)OC1(CCN(S(=O)(=O)c3ccc4c(c3)OCCO4)CC1)CC2=O. The van der Waals surface area contributed by atoms with Crippen LogP contribution in [0.3, 0.4) is 0 Å². The van der Waals surface area contributed by atoms with Gasteiger partial charge < -0.3 is 18.9 Å². The lowest BCUT2D eigenvalue weighted by molar-refractivity contribution is 0.00575. The molecule has 170 valence electrons. The number of ketones is 1. The van der Waals surface area contributed by atoms with Crippen LogP contribution < -0.4 is 18.9 Å². The molecule has 5 rings (SSSR count). The van der Waals surface area contributed by atoms with Gasteiger partial charge >= 0.3 is 0 Å². The van der Waals surface area contributed by atoms with Crippen LogP contribution in [0.25, 0.3) is 0 Å². The van der Waals surface area contributed by atoms with Crippen LogP contribution in [-0.4, -0.2) is 57.0 Å². The number of carbonyl (C=O) groups excluding carboxylic acids is 1. The third kappa shape index (κ3) is 3.69. The molecule has 1 fully saturated rings. The molecule has 1 spiro atoms. The van der Waals surface area contributed by atoms with E-state index in [1.54, 1.807) is 30.3 Å². The van der Waals surface area contributed by atoms with E-state index in [0.29, 0.717) is 61.2 Å². The van der Waals surface area contributed by atoms with Crippen LogP contribution in [-0.2, 0) is 10.0 Å². The highest BCUT2D eigenvalue weighted by molar-refractivity contribution is 7.89. The summed E-state index contributed by atoms with van der Waals surface area (Å²) < 4.78 is 50.8. The van der Waals surface area contributed by atoms with E-state index in [1.807, 2.05) is 6.92 Å². The smallest absolute Gasteiger partial charge is 0.243 e. The molecule has 0 aliphatic carbocycles. The summed E-state index contributed by atoms with van der Waals surface area (Å²) in [6.45, 7) is 3.78. The summed E-state index contributed by atoms with van der Waals surface area (Å²) in [5, 5.41) is 0. The Morgan fingerprint density at radius 3 is 2.50 bits per heavy atom. The summed E-state index contributed by atoms with van der Waals surface area (Å²) in [6.07, 6.45) is 1.10. The molecule has 32 heavy (non-hydrogen) atoms. The van der Waals surface area contributed by atoms with E-state index >= 15 is 0 Å². The Bertz CT molecular complexity index is 1150. The number of ether oxygens (including phenoxy) is 4. The number of rotatable bonds is 4. The Morgan fingerprint density at radius 2 is 1.75 bits per heavy atom. The Kier molecular flexibility index (Phi) is 5.25. The topological polar surface area (TPSA) is 91.4 Å². The second kappa shape index (κ2) is 7.97.